The molecule has 0 aliphatic rings. The Kier molecular flexibility index (Phi) is 5.93. The second-order valence-electron chi connectivity index (χ2n) is 3.53. The van der Waals surface area contributed by atoms with E-state index in [0.29, 0.717) is 25.6 Å². The molecule has 0 saturated carbocycles. The Morgan fingerprint density at radius 2 is 2.00 bits per heavy atom. The number of ketones is 1. The lowest BCUT2D eigenvalue weighted by Gasteiger charge is -2.11. The predicted octanol–water partition coefficient (Wildman–Crippen LogP) is 0.965. The Morgan fingerprint density at radius 3 is 2.42 bits per heavy atom. The van der Waals surface area contributed by atoms with Crippen LogP contribution in [0.1, 0.15) is 27.2 Å². The lowest BCUT2D eigenvalue weighted by Crippen LogP contribution is -2.23. The molecule has 0 rings (SSSR count). The molecule has 0 aliphatic heterocycles. The molecule has 0 aromatic carbocycles. The van der Waals surface area contributed by atoms with Crippen molar-refractivity contribution in [2.24, 2.45) is 11.7 Å². The van der Waals surface area contributed by atoms with Gasteiger partial charge in [0.05, 0.1) is 6.61 Å². The molecule has 3 nitrogen and oxygen atoms in total. The van der Waals surface area contributed by atoms with Gasteiger partial charge in [0.2, 0.25) is 0 Å². The lowest BCUT2D eigenvalue weighted by molar-refractivity contribution is -0.118. The molecule has 0 aromatic heterocycles. The van der Waals surface area contributed by atoms with Gasteiger partial charge in [-0.05, 0) is 19.8 Å². The Labute approximate surface area is 74.3 Å². The number of hydrogen-bond acceptors (Lipinski definition) is 3. The maximum atomic E-state index is 10.7. The third kappa shape index (κ3) is 7.69. The fourth-order valence-electron chi connectivity index (χ4n) is 1.00. The molecule has 2 N–H and O–H groups in total. The van der Waals surface area contributed by atoms with Crippen LogP contribution in [0.15, 0.2) is 0 Å². The Bertz CT molecular complexity index is 134. The predicted molar refractivity (Wildman–Crippen MR) is 48.9 cm³/mol. The summed E-state index contributed by atoms with van der Waals surface area (Å²) in [6.07, 6.45) is 0.596. The quantitative estimate of drug-likeness (QED) is 0.651. The van der Waals surface area contributed by atoms with Gasteiger partial charge in [-0.3, -0.25) is 0 Å². The average Bonchev–Trinajstić information content (AvgIpc) is 1.84. The Hall–Kier alpha value is -0.410. The maximum absolute atomic E-state index is 10.7. The summed E-state index contributed by atoms with van der Waals surface area (Å²) in [7, 11) is 0. The van der Waals surface area contributed by atoms with Crippen molar-refractivity contribution in [1.29, 1.82) is 0 Å². The third-order valence-electron chi connectivity index (χ3n) is 1.42. The molecule has 2 unspecified atom stereocenters. The van der Waals surface area contributed by atoms with Crippen molar-refractivity contribution in [3.05, 3.63) is 0 Å². The molecule has 0 aliphatic carbocycles. The number of nitrogens with two attached hydrogens (primary N) is 1. The van der Waals surface area contributed by atoms with Gasteiger partial charge in [-0.2, -0.15) is 0 Å². The number of rotatable bonds is 6. The van der Waals surface area contributed by atoms with E-state index >= 15 is 0 Å². The molecule has 0 bridgehead atoms. The SMILES string of the molecule is CC(=O)CC(C)COCC(C)N. The summed E-state index contributed by atoms with van der Waals surface area (Å²) in [6.45, 7) is 6.70. The summed E-state index contributed by atoms with van der Waals surface area (Å²) < 4.78 is 5.28. The van der Waals surface area contributed by atoms with E-state index in [1.54, 1.807) is 6.92 Å². The minimum Gasteiger partial charge on any atom is -0.380 e. The molecule has 12 heavy (non-hydrogen) atoms. The number of Topliss-reactive ketones (excluding diaryl/α,β-unsaturated/α-hetero) is 1. The van der Waals surface area contributed by atoms with Crippen molar-refractivity contribution in [3.8, 4) is 0 Å². The third-order valence-corrected chi connectivity index (χ3v) is 1.42. The van der Waals surface area contributed by atoms with Gasteiger partial charge >= 0.3 is 0 Å². The molecule has 0 amide bonds. The van der Waals surface area contributed by atoms with Crippen molar-refractivity contribution in [1.82, 2.24) is 0 Å². The molecule has 0 radical (unpaired) electrons. The summed E-state index contributed by atoms with van der Waals surface area (Å²) in [5.74, 6) is 0.521. The van der Waals surface area contributed by atoms with Crippen LogP contribution in [-0.2, 0) is 9.53 Å². The standard InChI is InChI=1S/C9H19NO2/c1-7(4-9(3)11)5-12-6-8(2)10/h7-8H,4-6,10H2,1-3H3. The second kappa shape index (κ2) is 6.14. The van der Waals surface area contributed by atoms with E-state index in [4.69, 9.17) is 10.5 Å². The molecule has 2 atom stereocenters. The topological polar surface area (TPSA) is 52.3 Å². The van der Waals surface area contributed by atoms with Crippen LogP contribution in [0.4, 0.5) is 0 Å². The van der Waals surface area contributed by atoms with Crippen LogP contribution < -0.4 is 5.73 Å². The zero-order valence-electron chi connectivity index (χ0n) is 8.17. The first-order chi connectivity index (χ1) is 5.52. The highest BCUT2D eigenvalue weighted by atomic mass is 16.5. The molecule has 0 spiro atoms. The number of carbonyl (C=O) groups is 1. The van der Waals surface area contributed by atoms with Crippen molar-refractivity contribution in [2.75, 3.05) is 13.2 Å². The zero-order chi connectivity index (χ0) is 9.56. The van der Waals surface area contributed by atoms with Gasteiger partial charge in [-0.15, -0.1) is 0 Å². The Morgan fingerprint density at radius 1 is 1.42 bits per heavy atom. The van der Waals surface area contributed by atoms with Gasteiger partial charge in [0.1, 0.15) is 5.78 Å². The first-order valence-electron chi connectivity index (χ1n) is 4.35. The molecule has 3 heteroatoms. The van der Waals surface area contributed by atoms with Gasteiger partial charge in [0.25, 0.3) is 0 Å². The molecule has 0 heterocycles. The number of carbonyl (C=O) groups excluding carboxylic acids is 1. The van der Waals surface area contributed by atoms with Crippen molar-refractivity contribution < 1.29 is 9.53 Å². The van der Waals surface area contributed by atoms with Gasteiger partial charge in [0, 0.05) is 19.1 Å². The molecule has 0 aromatic rings. The molecule has 0 fully saturated rings. The summed E-state index contributed by atoms with van der Waals surface area (Å²) in [4.78, 5) is 10.7. The first-order valence-corrected chi connectivity index (χ1v) is 4.35. The molecular weight excluding hydrogens is 154 g/mol. The Balaban J connectivity index is 3.31. The van der Waals surface area contributed by atoms with E-state index in [9.17, 15) is 4.79 Å². The van der Waals surface area contributed by atoms with Crippen LogP contribution in [0.3, 0.4) is 0 Å². The highest BCUT2D eigenvalue weighted by molar-refractivity contribution is 5.75. The summed E-state index contributed by atoms with van der Waals surface area (Å²) >= 11 is 0. The van der Waals surface area contributed by atoms with Crippen molar-refractivity contribution in [2.45, 2.75) is 33.2 Å². The fourth-order valence-corrected chi connectivity index (χ4v) is 1.00. The van der Waals surface area contributed by atoms with Gasteiger partial charge in [0.15, 0.2) is 0 Å². The fraction of sp³-hybridized carbons (Fsp3) is 0.889. The summed E-state index contributed by atoms with van der Waals surface area (Å²) in [5, 5.41) is 0. The van der Waals surface area contributed by atoms with Gasteiger partial charge in [-0.1, -0.05) is 6.92 Å². The van der Waals surface area contributed by atoms with Crippen molar-refractivity contribution >= 4 is 5.78 Å². The number of hydrogen-bond donors (Lipinski definition) is 1. The molecule has 72 valence electrons. The maximum Gasteiger partial charge on any atom is 0.130 e. The van der Waals surface area contributed by atoms with Gasteiger partial charge in [-0.25, -0.2) is 0 Å². The minimum atomic E-state index is 0.0783. The highest BCUT2D eigenvalue weighted by Crippen LogP contribution is 2.02. The van der Waals surface area contributed by atoms with Crippen LogP contribution >= 0.6 is 0 Å². The van der Waals surface area contributed by atoms with E-state index in [2.05, 4.69) is 0 Å². The second-order valence-corrected chi connectivity index (χ2v) is 3.53. The minimum absolute atomic E-state index is 0.0783. The van der Waals surface area contributed by atoms with Crippen molar-refractivity contribution in [3.63, 3.8) is 0 Å². The van der Waals surface area contributed by atoms with Crippen LogP contribution in [0.2, 0.25) is 0 Å². The summed E-state index contributed by atoms with van der Waals surface area (Å²) in [6, 6.07) is 0.0783. The molecular formula is C9H19NO2. The normalized spacial score (nSPS) is 15.7. The highest BCUT2D eigenvalue weighted by Gasteiger charge is 2.05. The monoisotopic (exact) mass is 173 g/mol. The smallest absolute Gasteiger partial charge is 0.130 e. The number of ether oxygens (including phenoxy) is 1. The van der Waals surface area contributed by atoms with E-state index < -0.39 is 0 Å². The van der Waals surface area contributed by atoms with Gasteiger partial charge < -0.3 is 15.3 Å². The summed E-state index contributed by atoms with van der Waals surface area (Å²) in [5.41, 5.74) is 5.49. The van der Waals surface area contributed by atoms with E-state index in [0.717, 1.165) is 0 Å². The van der Waals surface area contributed by atoms with E-state index in [-0.39, 0.29) is 11.8 Å². The van der Waals surface area contributed by atoms with E-state index in [1.807, 2.05) is 13.8 Å². The lowest BCUT2D eigenvalue weighted by atomic mass is 10.1. The van der Waals surface area contributed by atoms with Crippen LogP contribution in [-0.4, -0.2) is 25.0 Å². The molecule has 0 saturated heterocycles. The largest absolute Gasteiger partial charge is 0.380 e. The zero-order valence-corrected chi connectivity index (χ0v) is 8.17. The van der Waals surface area contributed by atoms with Crippen LogP contribution in [0, 0.1) is 5.92 Å². The van der Waals surface area contributed by atoms with Crippen LogP contribution in [0.5, 0.6) is 0 Å². The van der Waals surface area contributed by atoms with E-state index in [1.165, 1.54) is 0 Å². The van der Waals surface area contributed by atoms with Crippen LogP contribution in [0.25, 0.3) is 0 Å². The first kappa shape index (κ1) is 11.6. The average molecular weight is 173 g/mol.